The summed E-state index contributed by atoms with van der Waals surface area (Å²) in [4.78, 5) is 2.18. The second kappa shape index (κ2) is 11.0. The highest BCUT2D eigenvalue weighted by atomic mass is 32.1. The van der Waals surface area contributed by atoms with Gasteiger partial charge in [-0.15, -0.1) is 0 Å². The van der Waals surface area contributed by atoms with E-state index >= 15 is 0 Å². The normalized spacial score (nSPS) is 11.5. The molecule has 2 rings (SSSR count). The molecule has 0 fully saturated rings. The van der Waals surface area contributed by atoms with Crippen molar-refractivity contribution in [3.63, 3.8) is 0 Å². The van der Waals surface area contributed by atoms with Crippen LogP contribution in [0.15, 0.2) is 54.6 Å². The van der Waals surface area contributed by atoms with Crippen LogP contribution in [-0.4, -0.2) is 43.4 Å². The lowest BCUT2D eigenvalue weighted by molar-refractivity contribution is -0.137. The Morgan fingerprint density at radius 3 is 2.36 bits per heavy atom. The van der Waals surface area contributed by atoms with Crippen molar-refractivity contribution >= 4 is 23.0 Å². The molecule has 0 radical (unpaired) electrons. The topological polar surface area (TPSA) is 36.5 Å². The van der Waals surface area contributed by atoms with E-state index in [-0.39, 0.29) is 0 Å². The number of nitrogens with zero attached hydrogens (tertiary/aromatic N) is 1. The second-order valence-corrected chi connectivity index (χ2v) is 6.70. The van der Waals surface area contributed by atoms with E-state index < -0.39 is 11.7 Å². The lowest BCUT2D eigenvalue weighted by atomic mass is 10.2. The summed E-state index contributed by atoms with van der Waals surface area (Å²) in [5.74, 6) is 0. The van der Waals surface area contributed by atoms with Crippen LogP contribution in [-0.2, 0) is 17.5 Å². The Kier molecular flexibility index (Phi) is 8.69. The SMILES string of the molecule is CN(CCOCCNC(=S)Nc1ccc(C(F)(F)F)cc1)Cc1ccccc1. The third-order valence-electron chi connectivity index (χ3n) is 3.91. The minimum absolute atomic E-state index is 0.338. The number of likely N-dealkylation sites (N-methyl/N-ethyl adjacent to an activating group) is 1. The maximum Gasteiger partial charge on any atom is 0.416 e. The van der Waals surface area contributed by atoms with Gasteiger partial charge in [0.1, 0.15) is 0 Å². The molecule has 2 aromatic carbocycles. The predicted molar refractivity (Wildman–Crippen MR) is 109 cm³/mol. The van der Waals surface area contributed by atoms with Crippen LogP contribution in [0.4, 0.5) is 18.9 Å². The molecule has 0 unspecified atom stereocenters. The second-order valence-electron chi connectivity index (χ2n) is 6.29. The molecule has 0 saturated carbocycles. The first kappa shape index (κ1) is 22.1. The molecule has 0 atom stereocenters. The number of rotatable bonds is 9. The van der Waals surface area contributed by atoms with Crippen molar-refractivity contribution in [2.75, 3.05) is 38.7 Å². The number of benzene rings is 2. The summed E-state index contributed by atoms with van der Waals surface area (Å²) in [7, 11) is 2.04. The zero-order valence-corrected chi connectivity index (χ0v) is 16.4. The molecule has 0 aliphatic carbocycles. The molecular formula is C20H24F3N3OS. The van der Waals surface area contributed by atoms with E-state index in [1.165, 1.54) is 17.7 Å². The lowest BCUT2D eigenvalue weighted by Crippen LogP contribution is -2.32. The van der Waals surface area contributed by atoms with Gasteiger partial charge in [0.25, 0.3) is 0 Å². The molecule has 0 aliphatic rings. The molecule has 0 spiro atoms. The van der Waals surface area contributed by atoms with Gasteiger partial charge >= 0.3 is 6.18 Å². The van der Waals surface area contributed by atoms with Gasteiger partial charge < -0.3 is 15.4 Å². The largest absolute Gasteiger partial charge is 0.416 e. The minimum atomic E-state index is -4.34. The zero-order chi connectivity index (χ0) is 20.4. The van der Waals surface area contributed by atoms with E-state index in [0.717, 1.165) is 25.2 Å². The smallest absolute Gasteiger partial charge is 0.378 e. The van der Waals surface area contributed by atoms with E-state index in [2.05, 4.69) is 27.7 Å². The molecule has 0 aromatic heterocycles. The Labute approximate surface area is 168 Å². The molecule has 2 aromatic rings. The average molecular weight is 411 g/mol. The summed E-state index contributed by atoms with van der Waals surface area (Å²) < 4.78 is 43.2. The lowest BCUT2D eigenvalue weighted by Gasteiger charge is -2.17. The van der Waals surface area contributed by atoms with Gasteiger partial charge in [0.05, 0.1) is 18.8 Å². The van der Waals surface area contributed by atoms with Crippen LogP contribution >= 0.6 is 12.2 Å². The predicted octanol–water partition coefficient (Wildman–Crippen LogP) is 4.14. The number of nitrogens with one attached hydrogen (secondary N) is 2. The Bertz CT molecular complexity index is 724. The number of ether oxygens (including phenoxy) is 1. The number of anilines is 1. The first-order valence-electron chi connectivity index (χ1n) is 8.87. The molecule has 2 N–H and O–H groups in total. The first-order chi connectivity index (χ1) is 13.3. The van der Waals surface area contributed by atoms with Crippen molar-refractivity contribution in [1.29, 1.82) is 0 Å². The average Bonchev–Trinajstić information content (AvgIpc) is 2.65. The zero-order valence-electron chi connectivity index (χ0n) is 15.6. The van der Waals surface area contributed by atoms with Gasteiger partial charge in [-0.05, 0) is 49.1 Å². The fourth-order valence-corrected chi connectivity index (χ4v) is 2.67. The number of alkyl halides is 3. The molecule has 0 heterocycles. The highest BCUT2D eigenvalue weighted by Gasteiger charge is 2.29. The Balaban J connectivity index is 1.56. The molecule has 152 valence electrons. The van der Waals surface area contributed by atoms with Crippen LogP contribution in [0.25, 0.3) is 0 Å². The number of halogens is 3. The Morgan fingerprint density at radius 1 is 1.04 bits per heavy atom. The van der Waals surface area contributed by atoms with Crippen LogP contribution in [0.2, 0.25) is 0 Å². The molecule has 0 aliphatic heterocycles. The van der Waals surface area contributed by atoms with Gasteiger partial charge in [0.15, 0.2) is 5.11 Å². The van der Waals surface area contributed by atoms with Crippen molar-refractivity contribution in [1.82, 2.24) is 10.2 Å². The van der Waals surface area contributed by atoms with Crippen LogP contribution in [0.3, 0.4) is 0 Å². The van der Waals surface area contributed by atoms with Crippen LogP contribution in [0.5, 0.6) is 0 Å². The van der Waals surface area contributed by atoms with Crippen molar-refractivity contribution in [2.24, 2.45) is 0 Å². The highest BCUT2D eigenvalue weighted by Crippen LogP contribution is 2.29. The van der Waals surface area contributed by atoms with Crippen molar-refractivity contribution < 1.29 is 17.9 Å². The van der Waals surface area contributed by atoms with Gasteiger partial charge in [0, 0.05) is 25.3 Å². The fraction of sp³-hybridized carbons (Fsp3) is 0.350. The third kappa shape index (κ3) is 8.24. The van der Waals surface area contributed by atoms with Gasteiger partial charge in [-0.2, -0.15) is 13.2 Å². The van der Waals surface area contributed by atoms with Gasteiger partial charge in [-0.1, -0.05) is 30.3 Å². The Hall–Kier alpha value is -2.16. The van der Waals surface area contributed by atoms with Gasteiger partial charge in [-0.3, -0.25) is 4.90 Å². The molecular weight excluding hydrogens is 387 g/mol. The standard InChI is InChI=1S/C20H24F3N3OS/c1-26(15-16-5-3-2-4-6-16)12-14-27-13-11-24-19(28)25-18-9-7-17(8-10-18)20(21,22)23/h2-10H,11-15H2,1H3,(H2,24,25,28). The molecule has 0 saturated heterocycles. The van der Waals surface area contributed by atoms with E-state index in [4.69, 9.17) is 17.0 Å². The number of hydrogen-bond donors (Lipinski definition) is 2. The van der Waals surface area contributed by atoms with Crippen molar-refractivity contribution in [3.8, 4) is 0 Å². The van der Waals surface area contributed by atoms with Crippen LogP contribution in [0, 0.1) is 0 Å². The third-order valence-corrected chi connectivity index (χ3v) is 4.16. The highest BCUT2D eigenvalue weighted by molar-refractivity contribution is 7.80. The summed E-state index contributed by atoms with van der Waals surface area (Å²) >= 11 is 5.13. The molecule has 28 heavy (non-hydrogen) atoms. The summed E-state index contributed by atoms with van der Waals surface area (Å²) in [6.07, 6.45) is -4.34. The Morgan fingerprint density at radius 2 is 1.71 bits per heavy atom. The van der Waals surface area contributed by atoms with Crippen molar-refractivity contribution in [2.45, 2.75) is 12.7 Å². The monoisotopic (exact) mass is 411 g/mol. The summed E-state index contributed by atoms with van der Waals surface area (Å²) in [6.45, 7) is 3.26. The van der Waals surface area contributed by atoms with Crippen LogP contribution in [0.1, 0.15) is 11.1 Å². The van der Waals surface area contributed by atoms with Crippen molar-refractivity contribution in [3.05, 3.63) is 65.7 Å². The van der Waals surface area contributed by atoms with Gasteiger partial charge in [0.2, 0.25) is 0 Å². The summed E-state index contributed by atoms with van der Waals surface area (Å²) in [5, 5.41) is 6.15. The quantitative estimate of drug-likeness (QED) is 0.479. The van der Waals surface area contributed by atoms with E-state index in [1.807, 2.05) is 25.2 Å². The van der Waals surface area contributed by atoms with E-state index in [0.29, 0.717) is 30.6 Å². The minimum Gasteiger partial charge on any atom is -0.378 e. The fourth-order valence-electron chi connectivity index (χ4n) is 2.45. The molecule has 8 heteroatoms. The molecule has 0 amide bonds. The van der Waals surface area contributed by atoms with E-state index in [1.54, 1.807) is 0 Å². The maximum atomic E-state index is 12.5. The molecule has 0 bridgehead atoms. The number of thiocarbonyl (C=S) groups is 1. The van der Waals surface area contributed by atoms with E-state index in [9.17, 15) is 13.2 Å². The summed E-state index contributed by atoms with van der Waals surface area (Å²) in [6, 6.07) is 14.9. The summed E-state index contributed by atoms with van der Waals surface area (Å²) in [5.41, 5.74) is 1.06. The number of hydrogen-bond acceptors (Lipinski definition) is 3. The van der Waals surface area contributed by atoms with Gasteiger partial charge in [-0.25, -0.2) is 0 Å². The first-order valence-corrected chi connectivity index (χ1v) is 9.28. The van der Waals surface area contributed by atoms with Crippen LogP contribution < -0.4 is 10.6 Å². The maximum absolute atomic E-state index is 12.5. The molecule has 4 nitrogen and oxygen atoms in total.